The average Bonchev–Trinajstić information content (AvgIpc) is 3.55. The molecule has 0 unspecified atom stereocenters. The van der Waals surface area contributed by atoms with E-state index in [9.17, 15) is 9.59 Å². The lowest BCUT2D eigenvalue weighted by atomic mass is 10.1. The van der Waals surface area contributed by atoms with Gasteiger partial charge in [-0.3, -0.25) is 9.59 Å². The number of carbonyl (C=O) groups excluding carboxylic acids is 2. The Morgan fingerprint density at radius 1 is 1.15 bits per heavy atom. The maximum Gasteiger partial charge on any atom is 0.251 e. The van der Waals surface area contributed by atoms with Gasteiger partial charge in [0, 0.05) is 29.1 Å². The standard InChI is InChI=1S/C21H25N3O2S/c1-13-14(2)27-19(22-13)11-20(25)24(18-9-10-18)12-15-3-5-16(6-4-15)21(26)23-17-7-8-17/h3-6,17-18H,7-12H2,1-2H3,(H,23,26). The molecule has 0 radical (unpaired) electrons. The molecule has 0 aliphatic heterocycles. The van der Waals surface area contributed by atoms with Gasteiger partial charge in [-0.15, -0.1) is 11.3 Å². The van der Waals surface area contributed by atoms with Gasteiger partial charge in [0.1, 0.15) is 5.01 Å². The molecule has 2 fully saturated rings. The van der Waals surface area contributed by atoms with E-state index in [1.165, 1.54) is 4.88 Å². The van der Waals surface area contributed by atoms with Crippen molar-refractivity contribution in [3.63, 3.8) is 0 Å². The van der Waals surface area contributed by atoms with E-state index in [1.54, 1.807) is 11.3 Å². The predicted molar refractivity (Wildman–Crippen MR) is 106 cm³/mol. The van der Waals surface area contributed by atoms with Gasteiger partial charge in [0.2, 0.25) is 5.91 Å². The molecular formula is C21H25N3O2S. The van der Waals surface area contributed by atoms with E-state index in [2.05, 4.69) is 10.3 Å². The number of aryl methyl sites for hydroxylation is 2. The van der Waals surface area contributed by atoms with Gasteiger partial charge < -0.3 is 10.2 Å². The van der Waals surface area contributed by atoms with E-state index in [1.807, 2.05) is 43.0 Å². The number of carbonyl (C=O) groups is 2. The molecule has 2 saturated carbocycles. The van der Waals surface area contributed by atoms with Crippen LogP contribution < -0.4 is 5.32 Å². The minimum atomic E-state index is -0.00585. The zero-order chi connectivity index (χ0) is 19.0. The summed E-state index contributed by atoms with van der Waals surface area (Å²) in [4.78, 5) is 32.6. The molecule has 2 aliphatic rings. The van der Waals surface area contributed by atoms with Crippen molar-refractivity contribution in [2.24, 2.45) is 0 Å². The summed E-state index contributed by atoms with van der Waals surface area (Å²) >= 11 is 1.61. The van der Waals surface area contributed by atoms with E-state index >= 15 is 0 Å². The van der Waals surface area contributed by atoms with Crippen molar-refractivity contribution >= 4 is 23.2 Å². The number of benzene rings is 1. The van der Waals surface area contributed by atoms with Crippen LogP contribution in [0.4, 0.5) is 0 Å². The lowest BCUT2D eigenvalue weighted by Crippen LogP contribution is -2.33. The summed E-state index contributed by atoms with van der Waals surface area (Å²) in [6.45, 7) is 4.62. The van der Waals surface area contributed by atoms with Crippen LogP contribution in [-0.2, 0) is 17.8 Å². The molecule has 6 heteroatoms. The molecule has 2 aliphatic carbocycles. The van der Waals surface area contributed by atoms with Crippen molar-refractivity contribution in [3.05, 3.63) is 51.0 Å². The minimum Gasteiger partial charge on any atom is -0.349 e. The van der Waals surface area contributed by atoms with Gasteiger partial charge in [-0.2, -0.15) is 0 Å². The molecule has 1 N–H and O–H groups in total. The third kappa shape index (κ3) is 4.56. The summed E-state index contributed by atoms with van der Waals surface area (Å²) in [7, 11) is 0. The second-order valence-corrected chi connectivity index (χ2v) is 8.91. The number of nitrogens with zero attached hydrogens (tertiary/aromatic N) is 2. The Hall–Kier alpha value is -2.21. The first-order valence-electron chi connectivity index (χ1n) is 9.62. The minimum absolute atomic E-state index is 0.00585. The highest BCUT2D eigenvalue weighted by Crippen LogP contribution is 2.30. The third-order valence-corrected chi connectivity index (χ3v) is 6.24. The molecule has 0 spiro atoms. The molecule has 4 rings (SSSR count). The molecule has 1 aromatic heterocycles. The van der Waals surface area contributed by atoms with E-state index in [0.29, 0.717) is 30.6 Å². The Morgan fingerprint density at radius 2 is 1.85 bits per heavy atom. The summed E-state index contributed by atoms with van der Waals surface area (Å²) in [6, 6.07) is 8.34. The van der Waals surface area contributed by atoms with Crippen LogP contribution in [0.1, 0.15) is 57.2 Å². The van der Waals surface area contributed by atoms with Crippen LogP contribution in [0.5, 0.6) is 0 Å². The zero-order valence-electron chi connectivity index (χ0n) is 15.8. The van der Waals surface area contributed by atoms with Gasteiger partial charge in [0.05, 0.1) is 12.1 Å². The Morgan fingerprint density at radius 3 is 2.41 bits per heavy atom. The van der Waals surface area contributed by atoms with Gasteiger partial charge in [-0.1, -0.05) is 12.1 Å². The smallest absolute Gasteiger partial charge is 0.251 e. The van der Waals surface area contributed by atoms with Crippen molar-refractivity contribution in [2.75, 3.05) is 0 Å². The van der Waals surface area contributed by atoms with E-state index in [0.717, 1.165) is 41.9 Å². The molecule has 2 aromatic rings. The van der Waals surface area contributed by atoms with Gasteiger partial charge in [0.15, 0.2) is 0 Å². The summed E-state index contributed by atoms with van der Waals surface area (Å²) in [5.41, 5.74) is 2.76. The van der Waals surface area contributed by atoms with Crippen LogP contribution >= 0.6 is 11.3 Å². The summed E-state index contributed by atoms with van der Waals surface area (Å²) in [6.07, 6.45) is 4.69. The molecule has 1 aromatic carbocycles. The van der Waals surface area contributed by atoms with Gasteiger partial charge >= 0.3 is 0 Å². The average molecular weight is 384 g/mol. The van der Waals surface area contributed by atoms with Crippen LogP contribution in [0.25, 0.3) is 0 Å². The van der Waals surface area contributed by atoms with Crippen molar-refractivity contribution in [1.82, 2.24) is 15.2 Å². The molecular weight excluding hydrogens is 358 g/mol. The van der Waals surface area contributed by atoms with Gasteiger partial charge in [-0.25, -0.2) is 4.98 Å². The van der Waals surface area contributed by atoms with Crippen LogP contribution in [-0.4, -0.2) is 33.8 Å². The van der Waals surface area contributed by atoms with Crippen molar-refractivity contribution in [1.29, 1.82) is 0 Å². The van der Waals surface area contributed by atoms with E-state index in [4.69, 9.17) is 0 Å². The number of amides is 2. The third-order valence-electron chi connectivity index (χ3n) is 5.16. The Kier molecular flexibility index (Phi) is 5.00. The summed E-state index contributed by atoms with van der Waals surface area (Å²) in [5.74, 6) is 0.135. The van der Waals surface area contributed by atoms with Gasteiger partial charge in [0.25, 0.3) is 5.91 Å². The first-order valence-corrected chi connectivity index (χ1v) is 10.4. The molecule has 0 saturated heterocycles. The predicted octanol–water partition coefficient (Wildman–Crippen LogP) is 3.39. The van der Waals surface area contributed by atoms with E-state index < -0.39 is 0 Å². The second-order valence-electron chi connectivity index (χ2n) is 7.62. The molecule has 27 heavy (non-hydrogen) atoms. The lowest BCUT2D eigenvalue weighted by molar-refractivity contribution is -0.131. The summed E-state index contributed by atoms with van der Waals surface area (Å²) in [5, 5.41) is 3.90. The Bertz CT molecular complexity index is 831. The number of hydrogen-bond donors (Lipinski definition) is 1. The SMILES string of the molecule is Cc1nc(CC(=O)N(Cc2ccc(C(=O)NC3CC3)cc2)C2CC2)sc1C. The highest BCUT2D eigenvalue weighted by atomic mass is 32.1. The Labute approximate surface area is 163 Å². The fraction of sp³-hybridized carbons (Fsp3) is 0.476. The highest BCUT2D eigenvalue weighted by molar-refractivity contribution is 7.11. The monoisotopic (exact) mass is 383 g/mol. The quantitative estimate of drug-likeness (QED) is 0.797. The number of thiazole rings is 1. The number of hydrogen-bond acceptors (Lipinski definition) is 4. The van der Waals surface area contributed by atoms with Crippen molar-refractivity contribution in [3.8, 4) is 0 Å². The van der Waals surface area contributed by atoms with Crippen LogP contribution in [0.3, 0.4) is 0 Å². The number of aromatic nitrogens is 1. The van der Waals surface area contributed by atoms with Crippen molar-refractivity contribution in [2.45, 2.75) is 64.6 Å². The molecule has 142 valence electrons. The largest absolute Gasteiger partial charge is 0.349 e. The highest BCUT2D eigenvalue weighted by Gasteiger charge is 2.33. The molecule has 1 heterocycles. The zero-order valence-corrected chi connectivity index (χ0v) is 16.6. The first kappa shape index (κ1) is 18.2. The topological polar surface area (TPSA) is 62.3 Å². The molecule has 5 nitrogen and oxygen atoms in total. The molecule has 0 atom stereocenters. The maximum absolute atomic E-state index is 12.9. The molecule has 0 bridgehead atoms. The second kappa shape index (κ2) is 7.43. The normalized spacial score (nSPS) is 16.2. The lowest BCUT2D eigenvalue weighted by Gasteiger charge is -2.22. The van der Waals surface area contributed by atoms with Crippen molar-refractivity contribution < 1.29 is 9.59 Å². The fourth-order valence-corrected chi connectivity index (χ4v) is 4.03. The van der Waals surface area contributed by atoms with Gasteiger partial charge in [-0.05, 0) is 57.2 Å². The van der Waals surface area contributed by atoms with Crippen LogP contribution in [0.15, 0.2) is 24.3 Å². The first-order chi connectivity index (χ1) is 13.0. The van der Waals surface area contributed by atoms with Crippen LogP contribution in [0.2, 0.25) is 0 Å². The number of nitrogens with one attached hydrogen (secondary N) is 1. The summed E-state index contributed by atoms with van der Waals surface area (Å²) < 4.78 is 0. The maximum atomic E-state index is 12.9. The Balaban J connectivity index is 1.40. The molecule has 2 amide bonds. The van der Waals surface area contributed by atoms with Crippen LogP contribution in [0, 0.1) is 13.8 Å². The number of rotatable bonds is 7. The van der Waals surface area contributed by atoms with E-state index in [-0.39, 0.29) is 11.8 Å². The fourth-order valence-electron chi connectivity index (χ4n) is 3.11.